The van der Waals surface area contributed by atoms with Crippen molar-refractivity contribution in [3.63, 3.8) is 0 Å². The third-order valence-electron chi connectivity index (χ3n) is 6.58. The fourth-order valence-corrected chi connectivity index (χ4v) is 4.46. The summed E-state index contributed by atoms with van der Waals surface area (Å²) >= 11 is 0. The van der Waals surface area contributed by atoms with Gasteiger partial charge in [-0.2, -0.15) is 0 Å². The normalized spacial score (nSPS) is 16.8. The van der Waals surface area contributed by atoms with Crippen molar-refractivity contribution in [2.24, 2.45) is 5.92 Å². The van der Waals surface area contributed by atoms with Gasteiger partial charge in [-0.1, -0.05) is 63.1 Å². The zero-order chi connectivity index (χ0) is 22.2. The van der Waals surface area contributed by atoms with E-state index in [1.54, 1.807) is 12.1 Å². The number of amides is 2. The molecule has 4 heteroatoms. The topological polar surface area (TPSA) is 40.6 Å². The number of piperidine rings is 1. The molecule has 0 radical (unpaired) electrons. The van der Waals surface area contributed by atoms with Crippen LogP contribution in [0.2, 0.25) is 0 Å². The van der Waals surface area contributed by atoms with Crippen LogP contribution in [0.25, 0.3) is 0 Å². The van der Waals surface area contributed by atoms with Crippen LogP contribution >= 0.6 is 0 Å². The molecule has 0 aliphatic carbocycles. The van der Waals surface area contributed by atoms with Gasteiger partial charge in [0.2, 0.25) is 0 Å². The first-order chi connectivity index (χ1) is 15.0. The van der Waals surface area contributed by atoms with Crippen molar-refractivity contribution < 1.29 is 9.59 Å². The zero-order valence-electron chi connectivity index (χ0n) is 19.3. The molecule has 0 unspecified atom stereocenters. The first-order valence-corrected chi connectivity index (χ1v) is 11.8. The van der Waals surface area contributed by atoms with E-state index in [-0.39, 0.29) is 11.8 Å². The van der Waals surface area contributed by atoms with Gasteiger partial charge in [0, 0.05) is 13.1 Å². The molecule has 1 saturated heterocycles. The molecule has 0 spiro atoms. The van der Waals surface area contributed by atoms with E-state index in [0.29, 0.717) is 17.7 Å². The first-order valence-electron chi connectivity index (χ1n) is 11.8. The fourth-order valence-electron chi connectivity index (χ4n) is 4.46. The molecule has 2 aliphatic rings. The van der Waals surface area contributed by atoms with Gasteiger partial charge in [-0.3, -0.25) is 14.5 Å². The van der Waals surface area contributed by atoms with Crippen LogP contribution in [-0.2, 0) is 6.42 Å². The highest BCUT2D eigenvalue weighted by molar-refractivity contribution is 6.21. The van der Waals surface area contributed by atoms with Crippen LogP contribution in [0.4, 0.5) is 0 Å². The van der Waals surface area contributed by atoms with E-state index in [2.05, 4.69) is 49.9 Å². The fraction of sp³-hybridized carbons (Fsp3) is 0.481. The highest BCUT2D eigenvalue weighted by Crippen LogP contribution is 2.23. The zero-order valence-corrected chi connectivity index (χ0v) is 19.3. The highest BCUT2D eigenvalue weighted by Gasteiger charge is 2.35. The minimum absolute atomic E-state index is 0.140. The van der Waals surface area contributed by atoms with E-state index >= 15 is 0 Å². The van der Waals surface area contributed by atoms with Crippen LogP contribution in [0.5, 0.6) is 0 Å². The third-order valence-corrected chi connectivity index (χ3v) is 6.58. The Morgan fingerprint density at radius 2 is 1.42 bits per heavy atom. The van der Waals surface area contributed by atoms with Crippen LogP contribution in [-0.4, -0.2) is 47.8 Å². The van der Waals surface area contributed by atoms with Gasteiger partial charge in [0.1, 0.15) is 0 Å². The number of nitrogens with zero attached hydrogens (tertiary/aromatic N) is 2. The van der Waals surface area contributed by atoms with Crippen molar-refractivity contribution in [2.45, 2.75) is 52.9 Å². The van der Waals surface area contributed by atoms with Gasteiger partial charge in [0.05, 0.1) is 11.1 Å². The number of fused-ring (bicyclic) bond motifs is 1. The SMILES string of the molecule is CCC1CCN(CCN2C(=O)c3ccccc3C2=O)CC1.CCCc1ccccc1C. The molecule has 4 rings (SSSR count). The van der Waals surface area contributed by atoms with Crippen LogP contribution in [0.3, 0.4) is 0 Å². The largest absolute Gasteiger partial charge is 0.302 e. The molecule has 0 N–H and O–H groups in total. The Kier molecular flexibility index (Phi) is 8.42. The molecule has 2 aliphatic heterocycles. The van der Waals surface area contributed by atoms with Gasteiger partial charge in [-0.05, 0) is 68.5 Å². The molecule has 0 aromatic heterocycles. The van der Waals surface area contributed by atoms with Crippen LogP contribution in [0.1, 0.15) is 71.4 Å². The van der Waals surface area contributed by atoms with Crippen molar-refractivity contribution in [1.82, 2.24) is 9.80 Å². The minimum atomic E-state index is -0.140. The molecule has 2 aromatic rings. The lowest BCUT2D eigenvalue weighted by molar-refractivity contribution is 0.0625. The van der Waals surface area contributed by atoms with Crippen molar-refractivity contribution in [1.29, 1.82) is 0 Å². The molecular formula is C27H36N2O2. The summed E-state index contributed by atoms with van der Waals surface area (Å²) < 4.78 is 0. The van der Waals surface area contributed by atoms with E-state index < -0.39 is 0 Å². The molecule has 2 amide bonds. The van der Waals surface area contributed by atoms with Gasteiger partial charge in [-0.25, -0.2) is 0 Å². The monoisotopic (exact) mass is 420 g/mol. The third kappa shape index (κ3) is 5.82. The maximum absolute atomic E-state index is 12.3. The lowest BCUT2D eigenvalue weighted by Gasteiger charge is -2.32. The van der Waals surface area contributed by atoms with Gasteiger partial charge in [0.15, 0.2) is 0 Å². The standard InChI is InChI=1S/C17H22N2O2.C10H14/c1-2-13-7-9-18(10-8-13)11-12-19-16(20)14-5-3-4-6-15(14)17(19)21;1-3-6-10-8-5-4-7-9(10)2/h3-6,13H,2,7-12H2,1H3;4-5,7-8H,3,6H2,1-2H3. The molecule has 31 heavy (non-hydrogen) atoms. The number of likely N-dealkylation sites (tertiary alicyclic amines) is 1. The molecule has 0 bridgehead atoms. The number of imide groups is 1. The van der Waals surface area contributed by atoms with Crippen LogP contribution < -0.4 is 0 Å². The number of benzene rings is 2. The molecule has 2 aromatic carbocycles. The summed E-state index contributed by atoms with van der Waals surface area (Å²) in [5.41, 5.74) is 4.01. The van der Waals surface area contributed by atoms with Gasteiger partial charge >= 0.3 is 0 Å². The summed E-state index contributed by atoms with van der Waals surface area (Å²) in [4.78, 5) is 28.3. The number of aryl methyl sites for hydroxylation is 2. The molecule has 1 fully saturated rings. The summed E-state index contributed by atoms with van der Waals surface area (Å²) in [7, 11) is 0. The Labute approximate surface area is 187 Å². The number of carbonyl (C=O) groups is 2. The van der Waals surface area contributed by atoms with Crippen LogP contribution in [0.15, 0.2) is 48.5 Å². The summed E-state index contributed by atoms with van der Waals surface area (Å²) in [5.74, 6) is 0.568. The Morgan fingerprint density at radius 3 is 1.97 bits per heavy atom. The summed E-state index contributed by atoms with van der Waals surface area (Å²) in [6, 6.07) is 15.7. The Bertz CT molecular complexity index is 849. The quantitative estimate of drug-likeness (QED) is 0.591. The smallest absolute Gasteiger partial charge is 0.261 e. The Morgan fingerprint density at radius 1 is 0.839 bits per heavy atom. The van der Waals surface area contributed by atoms with E-state index in [9.17, 15) is 9.59 Å². The predicted molar refractivity (Wildman–Crippen MR) is 126 cm³/mol. The van der Waals surface area contributed by atoms with Crippen molar-refractivity contribution in [3.8, 4) is 0 Å². The predicted octanol–water partition coefficient (Wildman–Crippen LogP) is 5.35. The molecule has 4 nitrogen and oxygen atoms in total. The maximum Gasteiger partial charge on any atom is 0.261 e. The second kappa shape index (κ2) is 11.2. The number of rotatable bonds is 6. The molecule has 0 atom stereocenters. The van der Waals surface area contributed by atoms with E-state index in [1.807, 2.05) is 12.1 Å². The number of hydrogen-bond donors (Lipinski definition) is 0. The van der Waals surface area contributed by atoms with Gasteiger partial charge < -0.3 is 4.90 Å². The number of hydrogen-bond acceptors (Lipinski definition) is 3. The molecule has 166 valence electrons. The second-order valence-electron chi connectivity index (χ2n) is 8.68. The maximum atomic E-state index is 12.3. The minimum Gasteiger partial charge on any atom is -0.302 e. The summed E-state index contributed by atoms with van der Waals surface area (Å²) in [5, 5.41) is 0. The molecular weight excluding hydrogens is 384 g/mol. The highest BCUT2D eigenvalue weighted by atomic mass is 16.2. The summed E-state index contributed by atoms with van der Waals surface area (Å²) in [6.07, 6.45) is 6.18. The van der Waals surface area contributed by atoms with E-state index in [1.165, 1.54) is 48.1 Å². The van der Waals surface area contributed by atoms with E-state index in [0.717, 1.165) is 25.6 Å². The average Bonchev–Trinajstić information content (AvgIpc) is 3.05. The van der Waals surface area contributed by atoms with Crippen molar-refractivity contribution >= 4 is 11.8 Å². The van der Waals surface area contributed by atoms with Gasteiger partial charge in [0.25, 0.3) is 11.8 Å². The second-order valence-corrected chi connectivity index (χ2v) is 8.68. The first kappa shape index (κ1) is 23.2. The van der Waals surface area contributed by atoms with Crippen LogP contribution in [0, 0.1) is 12.8 Å². The molecule has 0 saturated carbocycles. The lowest BCUT2D eigenvalue weighted by Crippen LogP contribution is -2.41. The number of carbonyl (C=O) groups excluding carboxylic acids is 2. The Hall–Kier alpha value is -2.46. The van der Waals surface area contributed by atoms with E-state index in [4.69, 9.17) is 0 Å². The van der Waals surface area contributed by atoms with Gasteiger partial charge in [-0.15, -0.1) is 0 Å². The summed E-state index contributed by atoms with van der Waals surface area (Å²) in [6.45, 7) is 10.1. The van der Waals surface area contributed by atoms with Crippen molar-refractivity contribution in [2.75, 3.05) is 26.2 Å². The Balaban J connectivity index is 0.000000229. The molecule has 2 heterocycles. The van der Waals surface area contributed by atoms with Crippen molar-refractivity contribution in [3.05, 3.63) is 70.8 Å². The lowest BCUT2D eigenvalue weighted by atomic mass is 9.94. The average molecular weight is 421 g/mol.